The number of nitrogens with two attached hydrogens (primary N) is 3. The standard InChI is InChI=1S/C35H42N8O6/c36-26(17-21-7-2-1-3-8-21)31(45)42-29(18-22-12-14-24(44)15-13-22)33(47)41-28(11-6-16-39-35(37)38)32(46)43-30(34(48)49)19-23-20-40-27-10-5-4-9-25(23)27/h1-5,7-10,12-15,20,26,28-30,40,44H,6,11,16-19,36H2,(H,41,47)(H,42,45)(H,43,46)(H,48,49)(H4,37,38,39). The van der Waals surface area contributed by atoms with Gasteiger partial charge in [-0.3, -0.25) is 19.4 Å². The number of aliphatic imine (C=N–C) groups is 1. The van der Waals surface area contributed by atoms with Crippen LogP contribution in [0.3, 0.4) is 0 Å². The van der Waals surface area contributed by atoms with Crippen LogP contribution >= 0.6 is 0 Å². The van der Waals surface area contributed by atoms with Crippen LogP contribution in [0.1, 0.15) is 29.5 Å². The van der Waals surface area contributed by atoms with Gasteiger partial charge in [-0.2, -0.15) is 0 Å². The van der Waals surface area contributed by atoms with E-state index in [1.165, 1.54) is 12.1 Å². The molecule has 14 heteroatoms. The van der Waals surface area contributed by atoms with E-state index in [1.54, 1.807) is 18.3 Å². The van der Waals surface area contributed by atoms with Gasteiger partial charge in [0.05, 0.1) is 6.04 Å². The van der Waals surface area contributed by atoms with E-state index in [4.69, 9.17) is 17.2 Å². The lowest BCUT2D eigenvalue weighted by Crippen LogP contribution is -2.58. The summed E-state index contributed by atoms with van der Waals surface area (Å²) in [4.78, 5) is 60.0. The average Bonchev–Trinajstić information content (AvgIpc) is 3.49. The third kappa shape index (κ3) is 10.8. The monoisotopic (exact) mass is 670 g/mol. The highest BCUT2D eigenvalue weighted by atomic mass is 16.4. The van der Waals surface area contributed by atoms with E-state index in [-0.39, 0.29) is 50.4 Å². The minimum Gasteiger partial charge on any atom is -0.508 e. The van der Waals surface area contributed by atoms with Crippen molar-refractivity contribution in [3.05, 3.63) is 102 Å². The van der Waals surface area contributed by atoms with Crippen molar-refractivity contribution < 1.29 is 29.4 Å². The molecule has 0 aliphatic carbocycles. The van der Waals surface area contributed by atoms with E-state index in [0.29, 0.717) is 11.1 Å². The number of hydrogen-bond acceptors (Lipinski definition) is 7. The number of carbonyl (C=O) groups excluding carboxylic acids is 3. The quantitative estimate of drug-likeness (QED) is 0.0437. The number of amides is 3. The Balaban J connectivity index is 1.53. The zero-order valence-electron chi connectivity index (χ0n) is 26.8. The summed E-state index contributed by atoms with van der Waals surface area (Å²) in [7, 11) is 0. The third-order valence-corrected chi connectivity index (χ3v) is 7.94. The zero-order chi connectivity index (χ0) is 35.3. The van der Waals surface area contributed by atoms with Crippen LogP contribution in [0.25, 0.3) is 10.9 Å². The second kappa shape index (κ2) is 17.3. The Hall–Kier alpha value is -5.89. The lowest BCUT2D eigenvalue weighted by molar-refractivity contribution is -0.142. The minimum atomic E-state index is -1.31. The summed E-state index contributed by atoms with van der Waals surface area (Å²) in [5.74, 6) is -3.38. The number of H-pyrrole nitrogens is 1. The number of phenols is 1. The topological polar surface area (TPSA) is 251 Å². The molecule has 4 atom stereocenters. The Morgan fingerprint density at radius 2 is 1.35 bits per heavy atom. The summed E-state index contributed by atoms with van der Waals surface area (Å²) in [6, 6.07) is 18.0. The number of nitrogens with one attached hydrogen (secondary N) is 4. The van der Waals surface area contributed by atoms with Crippen molar-refractivity contribution in [3.63, 3.8) is 0 Å². The average molecular weight is 671 g/mol. The molecule has 3 amide bonds. The maximum absolute atomic E-state index is 13.8. The molecule has 4 aromatic rings. The van der Waals surface area contributed by atoms with Crippen LogP contribution in [0.15, 0.2) is 90.1 Å². The number of aromatic hydroxyl groups is 1. The molecule has 49 heavy (non-hydrogen) atoms. The number of aliphatic carboxylic acids is 1. The van der Waals surface area contributed by atoms with Crippen molar-refractivity contribution in [1.82, 2.24) is 20.9 Å². The fourth-order valence-electron chi connectivity index (χ4n) is 5.35. The first-order valence-corrected chi connectivity index (χ1v) is 15.8. The number of phenolic OH excluding ortho intramolecular Hbond substituents is 1. The smallest absolute Gasteiger partial charge is 0.326 e. The van der Waals surface area contributed by atoms with E-state index in [2.05, 4.69) is 25.9 Å². The molecule has 1 heterocycles. The van der Waals surface area contributed by atoms with Crippen molar-refractivity contribution >= 4 is 40.6 Å². The molecule has 4 unspecified atom stereocenters. The number of carboxylic acids is 1. The van der Waals surface area contributed by atoms with Crippen molar-refractivity contribution in [1.29, 1.82) is 0 Å². The summed E-state index contributed by atoms with van der Waals surface area (Å²) >= 11 is 0. The van der Waals surface area contributed by atoms with Crippen LogP contribution in [0.2, 0.25) is 0 Å². The molecule has 0 fully saturated rings. The van der Waals surface area contributed by atoms with Gasteiger partial charge in [-0.15, -0.1) is 0 Å². The lowest BCUT2D eigenvalue weighted by Gasteiger charge is -2.25. The molecule has 4 rings (SSSR count). The molecule has 0 bridgehead atoms. The van der Waals surface area contributed by atoms with E-state index in [9.17, 15) is 29.4 Å². The number of hydrogen-bond donors (Lipinski definition) is 9. The number of benzene rings is 3. The van der Waals surface area contributed by atoms with Gasteiger partial charge in [0, 0.05) is 36.5 Å². The number of nitrogens with zero attached hydrogens (tertiary/aromatic N) is 1. The predicted octanol–water partition coefficient (Wildman–Crippen LogP) is 0.821. The van der Waals surface area contributed by atoms with Crippen LogP contribution in [0.5, 0.6) is 5.75 Å². The number of fused-ring (bicyclic) bond motifs is 1. The summed E-state index contributed by atoms with van der Waals surface area (Å²) < 4.78 is 0. The van der Waals surface area contributed by atoms with Crippen molar-refractivity contribution in [2.24, 2.45) is 22.2 Å². The molecule has 0 saturated heterocycles. The number of carboxylic acid groups (broad SMARTS) is 1. The number of rotatable bonds is 17. The van der Waals surface area contributed by atoms with Crippen LogP contribution < -0.4 is 33.2 Å². The Morgan fingerprint density at radius 1 is 0.735 bits per heavy atom. The molecule has 0 aliphatic heterocycles. The van der Waals surface area contributed by atoms with Crippen LogP contribution in [0, 0.1) is 0 Å². The summed E-state index contributed by atoms with van der Waals surface area (Å²) in [5.41, 5.74) is 20.1. The molecule has 3 aromatic carbocycles. The van der Waals surface area contributed by atoms with Crippen LogP contribution in [-0.4, -0.2) is 75.6 Å². The molecule has 12 N–H and O–H groups in total. The van der Waals surface area contributed by atoms with E-state index in [1.807, 2.05) is 54.6 Å². The third-order valence-electron chi connectivity index (χ3n) is 7.94. The normalized spacial score (nSPS) is 13.4. The summed E-state index contributed by atoms with van der Waals surface area (Å²) in [6.07, 6.45) is 2.24. The molecule has 0 spiro atoms. The molecular weight excluding hydrogens is 628 g/mol. The first kappa shape index (κ1) is 36.0. The maximum Gasteiger partial charge on any atom is 0.326 e. The largest absolute Gasteiger partial charge is 0.508 e. The molecule has 258 valence electrons. The Labute approximate surface area is 283 Å². The summed E-state index contributed by atoms with van der Waals surface area (Å²) in [6.45, 7) is 0.154. The van der Waals surface area contributed by atoms with E-state index < -0.39 is 47.9 Å². The van der Waals surface area contributed by atoms with Crippen molar-refractivity contribution in [2.45, 2.75) is 56.3 Å². The van der Waals surface area contributed by atoms with Gasteiger partial charge in [-0.05, 0) is 54.2 Å². The fraction of sp³-hybridized carbons (Fsp3) is 0.286. The number of carbonyl (C=O) groups is 4. The highest BCUT2D eigenvalue weighted by molar-refractivity contribution is 5.94. The van der Waals surface area contributed by atoms with Gasteiger partial charge < -0.3 is 48.3 Å². The van der Waals surface area contributed by atoms with Crippen LogP contribution in [0.4, 0.5) is 0 Å². The first-order valence-electron chi connectivity index (χ1n) is 15.8. The lowest BCUT2D eigenvalue weighted by atomic mass is 10.0. The maximum atomic E-state index is 13.8. The molecule has 0 radical (unpaired) electrons. The van der Waals surface area contributed by atoms with Gasteiger partial charge in [-0.1, -0.05) is 60.7 Å². The van der Waals surface area contributed by atoms with Gasteiger partial charge in [0.2, 0.25) is 17.7 Å². The van der Waals surface area contributed by atoms with E-state index >= 15 is 0 Å². The number of guanidine groups is 1. The van der Waals surface area contributed by atoms with Crippen molar-refractivity contribution in [3.8, 4) is 5.75 Å². The van der Waals surface area contributed by atoms with Gasteiger partial charge in [0.15, 0.2) is 5.96 Å². The van der Waals surface area contributed by atoms with Gasteiger partial charge in [0.1, 0.15) is 23.9 Å². The molecule has 0 aliphatic rings. The second-order valence-corrected chi connectivity index (χ2v) is 11.7. The zero-order valence-corrected chi connectivity index (χ0v) is 26.8. The molecule has 14 nitrogen and oxygen atoms in total. The number of para-hydroxylation sites is 1. The minimum absolute atomic E-state index is 0.0105. The molecule has 1 aromatic heterocycles. The Bertz CT molecular complexity index is 1750. The molecular formula is C35H42N8O6. The SMILES string of the molecule is NC(N)=NCCCC(NC(=O)C(Cc1ccc(O)cc1)NC(=O)C(N)Cc1ccccc1)C(=O)NC(Cc1c[nH]c2ccccc12)C(=O)O. The van der Waals surface area contributed by atoms with Gasteiger partial charge >= 0.3 is 5.97 Å². The Kier molecular flexibility index (Phi) is 12.7. The number of aromatic nitrogens is 1. The van der Waals surface area contributed by atoms with Gasteiger partial charge in [-0.25, -0.2) is 4.79 Å². The predicted molar refractivity (Wildman–Crippen MR) is 185 cm³/mol. The first-order chi connectivity index (χ1) is 23.5. The van der Waals surface area contributed by atoms with Gasteiger partial charge in [0.25, 0.3) is 0 Å². The second-order valence-electron chi connectivity index (χ2n) is 11.7. The highest BCUT2D eigenvalue weighted by Crippen LogP contribution is 2.19. The number of aromatic amines is 1. The highest BCUT2D eigenvalue weighted by Gasteiger charge is 2.31. The summed E-state index contributed by atoms with van der Waals surface area (Å²) in [5, 5.41) is 28.6. The fourth-order valence-corrected chi connectivity index (χ4v) is 5.35. The van der Waals surface area contributed by atoms with E-state index in [0.717, 1.165) is 16.5 Å². The van der Waals surface area contributed by atoms with Crippen LogP contribution in [-0.2, 0) is 38.4 Å². The molecule has 0 saturated carbocycles. The Morgan fingerprint density at radius 3 is 2.04 bits per heavy atom. The van der Waals surface area contributed by atoms with Crippen molar-refractivity contribution in [2.75, 3.05) is 6.54 Å².